The first-order valence-corrected chi connectivity index (χ1v) is 6.68. The van der Waals surface area contributed by atoms with Crippen molar-refractivity contribution in [1.29, 1.82) is 0 Å². The molecular weight excluding hydrogens is 322 g/mol. The lowest BCUT2D eigenvalue weighted by atomic mass is 10.0. The fourth-order valence-electron chi connectivity index (χ4n) is 1.82. The summed E-state index contributed by atoms with van der Waals surface area (Å²) in [6, 6.07) is 10.2. The van der Waals surface area contributed by atoms with Gasteiger partial charge in [-0.05, 0) is 52.3 Å². The van der Waals surface area contributed by atoms with E-state index in [9.17, 15) is 4.79 Å². The summed E-state index contributed by atoms with van der Waals surface area (Å²) >= 11 is 3.32. The van der Waals surface area contributed by atoms with Crippen molar-refractivity contribution in [1.82, 2.24) is 0 Å². The SMILES string of the molecule is COc1ccc(OC)c(C(=O)c2ccc(N)c(Br)c2)c1. The van der Waals surface area contributed by atoms with Gasteiger partial charge in [0.05, 0.1) is 19.8 Å². The smallest absolute Gasteiger partial charge is 0.196 e. The summed E-state index contributed by atoms with van der Waals surface area (Å²) < 4.78 is 11.1. The molecule has 20 heavy (non-hydrogen) atoms. The van der Waals surface area contributed by atoms with Crippen LogP contribution < -0.4 is 15.2 Å². The van der Waals surface area contributed by atoms with Crippen LogP contribution in [-0.2, 0) is 0 Å². The number of ether oxygens (including phenoxy) is 2. The largest absolute Gasteiger partial charge is 0.497 e. The van der Waals surface area contributed by atoms with Crippen molar-refractivity contribution < 1.29 is 14.3 Å². The molecule has 2 aromatic rings. The van der Waals surface area contributed by atoms with Crippen LogP contribution in [0.3, 0.4) is 0 Å². The van der Waals surface area contributed by atoms with Crippen molar-refractivity contribution >= 4 is 27.4 Å². The lowest BCUT2D eigenvalue weighted by Crippen LogP contribution is -2.05. The highest BCUT2D eigenvalue weighted by Crippen LogP contribution is 2.28. The number of carbonyl (C=O) groups is 1. The Bertz CT molecular complexity index is 656. The molecule has 0 saturated carbocycles. The monoisotopic (exact) mass is 335 g/mol. The summed E-state index contributed by atoms with van der Waals surface area (Å²) in [5, 5.41) is 0. The molecule has 0 atom stereocenters. The number of hydrogen-bond donors (Lipinski definition) is 1. The Balaban J connectivity index is 2.48. The molecule has 2 rings (SSSR count). The summed E-state index contributed by atoms with van der Waals surface area (Å²) in [5.74, 6) is 0.953. The number of rotatable bonds is 4. The summed E-state index contributed by atoms with van der Waals surface area (Å²) in [7, 11) is 3.08. The Labute approximate surface area is 125 Å². The highest BCUT2D eigenvalue weighted by atomic mass is 79.9. The zero-order valence-electron chi connectivity index (χ0n) is 11.1. The molecule has 2 aromatic carbocycles. The predicted molar refractivity (Wildman–Crippen MR) is 81.5 cm³/mol. The molecule has 0 aliphatic rings. The second-order valence-electron chi connectivity index (χ2n) is 4.13. The van der Waals surface area contributed by atoms with Crippen molar-refractivity contribution in [3.8, 4) is 11.5 Å². The van der Waals surface area contributed by atoms with E-state index in [2.05, 4.69) is 15.9 Å². The summed E-state index contributed by atoms with van der Waals surface area (Å²) in [6.07, 6.45) is 0. The van der Waals surface area contributed by atoms with Gasteiger partial charge in [0.25, 0.3) is 0 Å². The van der Waals surface area contributed by atoms with Crippen LogP contribution in [0.2, 0.25) is 0 Å². The van der Waals surface area contributed by atoms with Crippen molar-refractivity contribution in [2.24, 2.45) is 0 Å². The van der Waals surface area contributed by atoms with Gasteiger partial charge in [0.2, 0.25) is 0 Å². The van der Waals surface area contributed by atoms with Crippen LogP contribution in [0.25, 0.3) is 0 Å². The van der Waals surface area contributed by atoms with Crippen molar-refractivity contribution in [3.05, 3.63) is 52.0 Å². The van der Waals surface area contributed by atoms with Crippen LogP contribution in [0, 0.1) is 0 Å². The normalized spacial score (nSPS) is 10.2. The number of ketones is 1. The van der Waals surface area contributed by atoms with Gasteiger partial charge >= 0.3 is 0 Å². The first-order valence-electron chi connectivity index (χ1n) is 5.88. The van der Waals surface area contributed by atoms with Gasteiger partial charge in [-0.15, -0.1) is 0 Å². The Morgan fingerprint density at radius 3 is 2.45 bits per heavy atom. The number of hydrogen-bond acceptors (Lipinski definition) is 4. The standard InChI is InChI=1S/C15H14BrNO3/c1-19-10-4-6-14(20-2)11(8-10)15(18)9-3-5-13(17)12(16)7-9/h3-8H,17H2,1-2H3. The Hall–Kier alpha value is -2.01. The van der Waals surface area contributed by atoms with Crippen molar-refractivity contribution in [3.63, 3.8) is 0 Å². The molecule has 0 heterocycles. The molecule has 0 bridgehead atoms. The number of benzene rings is 2. The van der Waals surface area contributed by atoms with Crippen LogP contribution in [0.5, 0.6) is 11.5 Å². The van der Waals surface area contributed by atoms with E-state index in [0.29, 0.717) is 32.8 Å². The quantitative estimate of drug-likeness (QED) is 0.688. The second-order valence-corrected chi connectivity index (χ2v) is 4.99. The van der Waals surface area contributed by atoms with Gasteiger partial charge in [0.15, 0.2) is 5.78 Å². The number of anilines is 1. The van der Waals surface area contributed by atoms with Crippen LogP contribution >= 0.6 is 15.9 Å². The molecule has 0 radical (unpaired) electrons. The van der Waals surface area contributed by atoms with E-state index < -0.39 is 0 Å². The van der Waals surface area contributed by atoms with Gasteiger partial charge in [-0.25, -0.2) is 0 Å². The van der Waals surface area contributed by atoms with E-state index in [1.165, 1.54) is 7.11 Å². The molecule has 0 aromatic heterocycles. The van der Waals surface area contributed by atoms with E-state index in [1.807, 2.05) is 0 Å². The van der Waals surface area contributed by atoms with Gasteiger partial charge < -0.3 is 15.2 Å². The highest BCUT2D eigenvalue weighted by molar-refractivity contribution is 9.10. The molecule has 0 unspecified atom stereocenters. The average Bonchev–Trinajstić information content (AvgIpc) is 2.48. The van der Waals surface area contributed by atoms with Crippen LogP contribution in [0.15, 0.2) is 40.9 Å². The van der Waals surface area contributed by atoms with Gasteiger partial charge in [-0.3, -0.25) is 4.79 Å². The molecule has 0 saturated heterocycles. The molecule has 0 fully saturated rings. The van der Waals surface area contributed by atoms with Crippen molar-refractivity contribution in [2.45, 2.75) is 0 Å². The van der Waals surface area contributed by atoms with Crippen LogP contribution in [-0.4, -0.2) is 20.0 Å². The minimum Gasteiger partial charge on any atom is -0.497 e. The average molecular weight is 336 g/mol. The maximum atomic E-state index is 12.6. The third kappa shape index (κ3) is 2.77. The Morgan fingerprint density at radius 1 is 1.10 bits per heavy atom. The molecular formula is C15H14BrNO3. The molecule has 0 aliphatic heterocycles. The lowest BCUT2D eigenvalue weighted by molar-refractivity contribution is 0.103. The molecule has 0 spiro atoms. The molecule has 4 nitrogen and oxygen atoms in total. The van der Waals surface area contributed by atoms with Gasteiger partial charge in [0, 0.05) is 15.7 Å². The molecule has 0 aliphatic carbocycles. The molecule has 2 N–H and O–H groups in total. The summed E-state index contributed by atoms with van der Waals surface area (Å²) in [4.78, 5) is 12.6. The lowest BCUT2D eigenvalue weighted by Gasteiger charge is -2.10. The van der Waals surface area contributed by atoms with Gasteiger partial charge in [-0.1, -0.05) is 0 Å². The third-order valence-electron chi connectivity index (χ3n) is 2.91. The second kappa shape index (κ2) is 5.96. The topological polar surface area (TPSA) is 61.5 Å². The van der Waals surface area contributed by atoms with E-state index in [1.54, 1.807) is 43.5 Å². The van der Waals surface area contributed by atoms with Gasteiger partial charge in [0.1, 0.15) is 11.5 Å². The number of carbonyl (C=O) groups excluding carboxylic acids is 1. The number of methoxy groups -OCH3 is 2. The van der Waals surface area contributed by atoms with E-state index >= 15 is 0 Å². The molecule has 104 valence electrons. The first kappa shape index (κ1) is 14.4. The van der Waals surface area contributed by atoms with Gasteiger partial charge in [-0.2, -0.15) is 0 Å². The minimum atomic E-state index is -0.151. The first-order chi connectivity index (χ1) is 9.56. The van der Waals surface area contributed by atoms with Crippen LogP contribution in [0.4, 0.5) is 5.69 Å². The number of nitrogens with two attached hydrogens (primary N) is 1. The van der Waals surface area contributed by atoms with E-state index in [4.69, 9.17) is 15.2 Å². The maximum absolute atomic E-state index is 12.6. The van der Waals surface area contributed by atoms with Crippen molar-refractivity contribution in [2.75, 3.05) is 20.0 Å². The Morgan fingerprint density at radius 2 is 1.85 bits per heavy atom. The predicted octanol–water partition coefficient (Wildman–Crippen LogP) is 3.28. The van der Waals surface area contributed by atoms with Crippen LogP contribution in [0.1, 0.15) is 15.9 Å². The highest BCUT2D eigenvalue weighted by Gasteiger charge is 2.16. The van der Waals surface area contributed by atoms with E-state index in [0.717, 1.165) is 0 Å². The number of halogens is 1. The minimum absolute atomic E-state index is 0.151. The summed E-state index contributed by atoms with van der Waals surface area (Å²) in [5.41, 5.74) is 7.28. The summed E-state index contributed by atoms with van der Waals surface area (Å²) in [6.45, 7) is 0. The number of nitrogen functional groups attached to an aromatic ring is 1. The maximum Gasteiger partial charge on any atom is 0.196 e. The fraction of sp³-hybridized carbons (Fsp3) is 0.133. The zero-order chi connectivity index (χ0) is 14.7. The third-order valence-corrected chi connectivity index (χ3v) is 3.60. The molecule has 0 amide bonds. The fourth-order valence-corrected chi connectivity index (χ4v) is 2.19. The van der Waals surface area contributed by atoms with E-state index in [-0.39, 0.29) is 5.78 Å². The zero-order valence-corrected chi connectivity index (χ0v) is 12.7. The Kier molecular flexibility index (Phi) is 4.29. The molecule has 5 heteroatoms.